The van der Waals surface area contributed by atoms with Crippen molar-refractivity contribution in [1.29, 1.82) is 0 Å². The molecule has 2 heterocycles. The molecule has 4 rings (SSSR count). The van der Waals surface area contributed by atoms with Gasteiger partial charge in [-0.1, -0.05) is 12.1 Å². The van der Waals surface area contributed by atoms with Crippen LogP contribution in [0.1, 0.15) is 21.5 Å². The number of nitrogens with zero attached hydrogens (tertiary/aromatic N) is 2. The summed E-state index contributed by atoms with van der Waals surface area (Å²) in [7, 11) is 3.26. The molecular formula is C21H21N3O3. The number of nitrogens with one attached hydrogen (secondary N) is 1. The lowest BCUT2D eigenvalue weighted by atomic mass is 9.97. The van der Waals surface area contributed by atoms with Crippen LogP contribution in [-0.2, 0) is 13.0 Å². The summed E-state index contributed by atoms with van der Waals surface area (Å²) < 4.78 is 10.8. The van der Waals surface area contributed by atoms with Gasteiger partial charge in [-0.15, -0.1) is 0 Å². The van der Waals surface area contributed by atoms with Crippen molar-refractivity contribution >= 4 is 5.91 Å². The number of H-pyrrole nitrogens is 1. The van der Waals surface area contributed by atoms with E-state index in [2.05, 4.69) is 10.2 Å². The summed E-state index contributed by atoms with van der Waals surface area (Å²) in [6.45, 7) is 1.24. The predicted molar refractivity (Wildman–Crippen MR) is 102 cm³/mol. The summed E-state index contributed by atoms with van der Waals surface area (Å²) in [6.07, 6.45) is 4.36. The van der Waals surface area contributed by atoms with Gasteiger partial charge in [-0.25, -0.2) is 0 Å². The number of benzene rings is 2. The second kappa shape index (κ2) is 7.15. The van der Waals surface area contributed by atoms with E-state index in [1.54, 1.807) is 20.4 Å². The summed E-state index contributed by atoms with van der Waals surface area (Å²) in [6, 6.07) is 11.6. The monoisotopic (exact) mass is 363 g/mol. The Hall–Kier alpha value is -3.28. The number of methoxy groups -OCH3 is 2. The van der Waals surface area contributed by atoms with Crippen molar-refractivity contribution < 1.29 is 14.3 Å². The van der Waals surface area contributed by atoms with Crippen molar-refractivity contribution in [2.45, 2.75) is 13.0 Å². The molecule has 1 aromatic heterocycles. The first kappa shape index (κ1) is 17.1. The van der Waals surface area contributed by atoms with Crippen LogP contribution in [0.5, 0.6) is 11.5 Å². The van der Waals surface area contributed by atoms with Gasteiger partial charge in [0.15, 0.2) is 11.5 Å². The maximum Gasteiger partial charge on any atom is 0.254 e. The number of hydrogen-bond donors (Lipinski definition) is 1. The van der Waals surface area contributed by atoms with Crippen LogP contribution in [0.2, 0.25) is 0 Å². The fourth-order valence-electron chi connectivity index (χ4n) is 3.48. The number of fused-ring (bicyclic) bond motifs is 1. The molecular weight excluding hydrogens is 342 g/mol. The highest BCUT2D eigenvalue weighted by Gasteiger charge is 2.24. The van der Waals surface area contributed by atoms with Crippen LogP contribution in [-0.4, -0.2) is 41.8 Å². The first-order chi connectivity index (χ1) is 13.2. The molecule has 1 aliphatic rings. The number of carbonyl (C=O) groups is 1. The van der Waals surface area contributed by atoms with Gasteiger partial charge in [-0.3, -0.25) is 9.89 Å². The van der Waals surface area contributed by atoms with Gasteiger partial charge in [0.25, 0.3) is 5.91 Å². The Morgan fingerprint density at radius 1 is 1.07 bits per heavy atom. The number of ether oxygens (including phenoxy) is 2. The molecule has 27 heavy (non-hydrogen) atoms. The third kappa shape index (κ3) is 3.26. The van der Waals surface area contributed by atoms with Crippen LogP contribution in [0.25, 0.3) is 11.1 Å². The zero-order valence-electron chi connectivity index (χ0n) is 15.4. The maximum absolute atomic E-state index is 13.1. The molecule has 0 fully saturated rings. The van der Waals surface area contributed by atoms with E-state index >= 15 is 0 Å². The topological polar surface area (TPSA) is 67.5 Å². The molecule has 0 unspecified atom stereocenters. The summed E-state index contributed by atoms with van der Waals surface area (Å²) in [4.78, 5) is 14.9. The van der Waals surface area contributed by atoms with Gasteiger partial charge in [0.05, 0.1) is 20.4 Å². The lowest BCUT2D eigenvalue weighted by Gasteiger charge is -2.29. The third-order valence-corrected chi connectivity index (χ3v) is 4.95. The minimum absolute atomic E-state index is 0.0285. The van der Waals surface area contributed by atoms with Gasteiger partial charge in [-0.05, 0) is 47.4 Å². The van der Waals surface area contributed by atoms with Crippen LogP contribution in [0.15, 0.2) is 48.8 Å². The Labute approximate surface area is 157 Å². The molecule has 2 aromatic carbocycles. The SMILES string of the molecule is COc1cc2c(cc1OC)CN(C(=O)c1cccc(-c3cn[nH]c3)c1)CC2. The largest absolute Gasteiger partial charge is 0.493 e. The van der Waals surface area contributed by atoms with Gasteiger partial charge < -0.3 is 14.4 Å². The van der Waals surface area contributed by atoms with Crippen molar-refractivity contribution in [2.24, 2.45) is 0 Å². The lowest BCUT2D eigenvalue weighted by Crippen LogP contribution is -2.36. The van der Waals surface area contributed by atoms with Crippen LogP contribution < -0.4 is 9.47 Å². The summed E-state index contributed by atoms with van der Waals surface area (Å²) in [5, 5.41) is 6.78. The maximum atomic E-state index is 13.1. The predicted octanol–water partition coefficient (Wildman–Crippen LogP) is 3.29. The zero-order valence-corrected chi connectivity index (χ0v) is 15.4. The van der Waals surface area contributed by atoms with Gasteiger partial charge in [-0.2, -0.15) is 5.10 Å². The Bertz CT molecular complexity index is 967. The number of hydrogen-bond acceptors (Lipinski definition) is 4. The van der Waals surface area contributed by atoms with E-state index in [0.717, 1.165) is 28.9 Å². The molecule has 0 radical (unpaired) electrons. The molecule has 6 nitrogen and oxygen atoms in total. The van der Waals surface area contributed by atoms with Crippen LogP contribution in [0.3, 0.4) is 0 Å². The van der Waals surface area contributed by atoms with E-state index in [9.17, 15) is 4.79 Å². The minimum Gasteiger partial charge on any atom is -0.493 e. The molecule has 1 amide bonds. The van der Waals surface area contributed by atoms with E-state index < -0.39 is 0 Å². The highest BCUT2D eigenvalue weighted by Crippen LogP contribution is 2.33. The van der Waals surface area contributed by atoms with E-state index in [0.29, 0.717) is 24.4 Å². The molecule has 3 aromatic rings. The smallest absolute Gasteiger partial charge is 0.254 e. The van der Waals surface area contributed by atoms with E-state index in [4.69, 9.17) is 9.47 Å². The average Bonchev–Trinajstić information content (AvgIpc) is 3.26. The van der Waals surface area contributed by atoms with Crippen molar-refractivity contribution in [3.8, 4) is 22.6 Å². The van der Waals surface area contributed by atoms with Crippen LogP contribution in [0.4, 0.5) is 0 Å². The van der Waals surface area contributed by atoms with Gasteiger partial charge in [0.2, 0.25) is 0 Å². The third-order valence-electron chi connectivity index (χ3n) is 4.95. The van der Waals surface area contributed by atoms with Gasteiger partial charge in [0, 0.05) is 30.4 Å². The van der Waals surface area contributed by atoms with Crippen molar-refractivity contribution in [1.82, 2.24) is 15.1 Å². The highest BCUT2D eigenvalue weighted by molar-refractivity contribution is 5.95. The molecule has 1 N–H and O–H groups in total. The zero-order chi connectivity index (χ0) is 18.8. The minimum atomic E-state index is 0.0285. The van der Waals surface area contributed by atoms with Crippen LogP contribution >= 0.6 is 0 Å². The molecule has 138 valence electrons. The molecule has 0 aliphatic carbocycles. The second-order valence-corrected chi connectivity index (χ2v) is 6.52. The summed E-state index contributed by atoms with van der Waals surface area (Å²) in [5.74, 6) is 1.44. The Balaban J connectivity index is 1.59. The first-order valence-corrected chi connectivity index (χ1v) is 8.82. The highest BCUT2D eigenvalue weighted by atomic mass is 16.5. The molecule has 0 saturated heterocycles. The molecule has 0 saturated carbocycles. The second-order valence-electron chi connectivity index (χ2n) is 6.52. The number of carbonyl (C=O) groups excluding carboxylic acids is 1. The average molecular weight is 363 g/mol. The molecule has 6 heteroatoms. The molecule has 0 atom stereocenters. The summed E-state index contributed by atoms with van der Waals surface area (Å²) in [5.41, 5.74) is 4.91. The molecule has 0 spiro atoms. The number of amides is 1. The first-order valence-electron chi connectivity index (χ1n) is 8.82. The quantitative estimate of drug-likeness (QED) is 0.772. The Morgan fingerprint density at radius 3 is 2.56 bits per heavy atom. The van der Waals surface area contributed by atoms with E-state index in [1.807, 2.05) is 47.5 Å². The number of aromatic amines is 1. The standard InChI is InChI=1S/C21H21N3O3/c1-26-19-9-15-6-7-24(13-17(15)10-20(19)27-2)21(25)16-5-3-4-14(8-16)18-11-22-23-12-18/h3-5,8-12H,6-7,13H2,1-2H3,(H,22,23). The fourth-order valence-corrected chi connectivity index (χ4v) is 3.48. The number of rotatable bonds is 4. The Morgan fingerprint density at radius 2 is 1.85 bits per heavy atom. The van der Waals surface area contributed by atoms with E-state index in [1.165, 1.54) is 5.56 Å². The van der Waals surface area contributed by atoms with Crippen molar-refractivity contribution in [3.63, 3.8) is 0 Å². The van der Waals surface area contributed by atoms with Gasteiger partial charge >= 0.3 is 0 Å². The molecule has 1 aliphatic heterocycles. The normalized spacial score (nSPS) is 13.2. The van der Waals surface area contributed by atoms with Gasteiger partial charge in [0.1, 0.15) is 0 Å². The number of aromatic nitrogens is 2. The van der Waals surface area contributed by atoms with Crippen LogP contribution in [0, 0.1) is 0 Å². The molecule has 0 bridgehead atoms. The fraction of sp³-hybridized carbons (Fsp3) is 0.238. The lowest BCUT2D eigenvalue weighted by molar-refractivity contribution is 0.0734. The summed E-state index contributed by atoms with van der Waals surface area (Å²) >= 11 is 0. The Kier molecular flexibility index (Phi) is 4.54. The van der Waals surface area contributed by atoms with Crippen molar-refractivity contribution in [3.05, 3.63) is 65.5 Å². The van der Waals surface area contributed by atoms with E-state index in [-0.39, 0.29) is 5.91 Å². The van der Waals surface area contributed by atoms with Crippen molar-refractivity contribution in [2.75, 3.05) is 20.8 Å².